The molecule has 0 heterocycles. The lowest BCUT2D eigenvalue weighted by Gasteiger charge is -2.12. The lowest BCUT2D eigenvalue weighted by molar-refractivity contribution is -0.385. The molecular weight excluding hydrogens is 274 g/mol. The van der Waals surface area contributed by atoms with Crippen molar-refractivity contribution in [2.45, 2.75) is 25.8 Å². The van der Waals surface area contributed by atoms with Crippen LogP contribution in [0.2, 0.25) is 0 Å². The van der Waals surface area contributed by atoms with Crippen molar-refractivity contribution in [3.8, 4) is 5.75 Å². The predicted octanol–water partition coefficient (Wildman–Crippen LogP) is 1.46. The van der Waals surface area contributed by atoms with Crippen molar-refractivity contribution in [2.24, 2.45) is 11.7 Å². The zero-order valence-corrected chi connectivity index (χ0v) is 11.9. The van der Waals surface area contributed by atoms with Crippen LogP contribution in [0.15, 0.2) is 18.2 Å². The molecule has 0 saturated heterocycles. The van der Waals surface area contributed by atoms with Gasteiger partial charge in [-0.25, -0.2) is 0 Å². The number of hydrogen-bond donors (Lipinski definition) is 2. The first kappa shape index (κ1) is 15.2. The van der Waals surface area contributed by atoms with Gasteiger partial charge in [0, 0.05) is 24.2 Å². The summed E-state index contributed by atoms with van der Waals surface area (Å²) in [5.41, 5.74) is 5.92. The number of nitrogens with two attached hydrogens (primary N) is 1. The molecule has 7 nitrogen and oxygen atoms in total. The van der Waals surface area contributed by atoms with Crippen LogP contribution < -0.4 is 15.8 Å². The summed E-state index contributed by atoms with van der Waals surface area (Å²) >= 11 is 0. The van der Waals surface area contributed by atoms with Crippen molar-refractivity contribution in [1.29, 1.82) is 0 Å². The van der Waals surface area contributed by atoms with Gasteiger partial charge in [0.05, 0.1) is 11.5 Å². The summed E-state index contributed by atoms with van der Waals surface area (Å²) in [4.78, 5) is 22.5. The predicted molar refractivity (Wildman–Crippen MR) is 77.3 cm³/mol. The molecule has 1 unspecified atom stereocenters. The highest BCUT2D eigenvalue weighted by Gasteiger charge is 2.28. The van der Waals surface area contributed by atoms with E-state index in [-0.39, 0.29) is 28.9 Å². The molecule has 1 saturated carbocycles. The number of nitrogens with one attached hydrogen (secondary N) is 1. The Morgan fingerprint density at radius 2 is 2.29 bits per heavy atom. The number of ether oxygens (including phenoxy) is 1. The Morgan fingerprint density at radius 3 is 2.86 bits per heavy atom. The van der Waals surface area contributed by atoms with Crippen molar-refractivity contribution in [3.63, 3.8) is 0 Å². The van der Waals surface area contributed by atoms with Crippen molar-refractivity contribution < 1.29 is 14.5 Å². The van der Waals surface area contributed by atoms with Crippen LogP contribution in [-0.4, -0.2) is 30.0 Å². The second kappa shape index (κ2) is 6.53. The number of amides is 1. The van der Waals surface area contributed by atoms with Gasteiger partial charge < -0.3 is 15.8 Å². The lowest BCUT2D eigenvalue weighted by atomic mass is 10.1. The molecule has 0 radical (unpaired) electrons. The van der Waals surface area contributed by atoms with E-state index >= 15 is 0 Å². The summed E-state index contributed by atoms with van der Waals surface area (Å²) < 4.78 is 5.18. The van der Waals surface area contributed by atoms with Gasteiger partial charge in [0.2, 0.25) is 0 Å². The van der Waals surface area contributed by atoms with E-state index in [0.29, 0.717) is 19.1 Å². The van der Waals surface area contributed by atoms with E-state index in [0.717, 1.165) is 12.8 Å². The highest BCUT2D eigenvalue weighted by molar-refractivity contribution is 5.95. The molecule has 1 aromatic carbocycles. The Hall–Kier alpha value is -2.15. The highest BCUT2D eigenvalue weighted by Crippen LogP contribution is 2.31. The van der Waals surface area contributed by atoms with Crippen LogP contribution in [0.25, 0.3) is 0 Å². The summed E-state index contributed by atoms with van der Waals surface area (Å²) in [6, 6.07) is 4.13. The topological polar surface area (TPSA) is 107 Å². The fourth-order valence-electron chi connectivity index (χ4n) is 2.08. The van der Waals surface area contributed by atoms with Crippen LogP contribution in [-0.2, 0) is 0 Å². The average Bonchev–Trinajstić information content (AvgIpc) is 3.29. The van der Waals surface area contributed by atoms with E-state index in [4.69, 9.17) is 10.5 Å². The van der Waals surface area contributed by atoms with Crippen molar-refractivity contribution in [3.05, 3.63) is 33.9 Å². The van der Waals surface area contributed by atoms with E-state index in [1.165, 1.54) is 18.2 Å². The van der Waals surface area contributed by atoms with Crippen LogP contribution in [0.1, 0.15) is 30.1 Å². The van der Waals surface area contributed by atoms with Crippen molar-refractivity contribution >= 4 is 11.6 Å². The van der Waals surface area contributed by atoms with Gasteiger partial charge in [-0.1, -0.05) is 0 Å². The van der Waals surface area contributed by atoms with Crippen LogP contribution in [0.5, 0.6) is 5.75 Å². The monoisotopic (exact) mass is 293 g/mol. The van der Waals surface area contributed by atoms with Gasteiger partial charge in [-0.15, -0.1) is 0 Å². The lowest BCUT2D eigenvalue weighted by Crippen LogP contribution is -2.38. The van der Waals surface area contributed by atoms with Crippen LogP contribution >= 0.6 is 0 Å². The molecule has 0 aliphatic heterocycles. The highest BCUT2D eigenvalue weighted by atomic mass is 16.6. The van der Waals surface area contributed by atoms with Gasteiger partial charge in [0.25, 0.3) is 5.91 Å². The Bertz CT molecular complexity index is 543. The van der Waals surface area contributed by atoms with Crippen LogP contribution in [0.4, 0.5) is 5.69 Å². The first-order chi connectivity index (χ1) is 10.0. The molecule has 1 aliphatic carbocycles. The maximum atomic E-state index is 12.0. The summed E-state index contributed by atoms with van der Waals surface area (Å²) in [6.45, 7) is 2.44. The smallest absolute Gasteiger partial charge is 0.311 e. The van der Waals surface area contributed by atoms with Gasteiger partial charge in [0.1, 0.15) is 0 Å². The molecule has 7 heteroatoms. The van der Waals surface area contributed by atoms with Crippen molar-refractivity contribution in [1.82, 2.24) is 5.32 Å². The number of carbonyl (C=O) groups excluding carboxylic acids is 1. The van der Waals surface area contributed by atoms with Gasteiger partial charge in [-0.3, -0.25) is 14.9 Å². The minimum atomic E-state index is -0.558. The number of rotatable bonds is 7. The Labute approximate surface area is 122 Å². The third-order valence-corrected chi connectivity index (χ3v) is 3.44. The van der Waals surface area contributed by atoms with Gasteiger partial charge in [0.15, 0.2) is 5.75 Å². The van der Waals surface area contributed by atoms with Crippen LogP contribution in [0.3, 0.4) is 0 Å². The standard InChI is InChI=1S/C14H19N3O4/c1-2-21-13-6-5-10(7-12(13)17(19)20)14(18)16-8-11(15)9-3-4-9/h5-7,9,11H,2-4,8,15H2,1H3,(H,16,18). The molecule has 0 spiro atoms. The Kier molecular flexibility index (Phi) is 4.74. The molecule has 21 heavy (non-hydrogen) atoms. The van der Waals surface area contributed by atoms with Gasteiger partial charge >= 0.3 is 5.69 Å². The minimum Gasteiger partial charge on any atom is -0.487 e. The molecule has 2 rings (SSSR count). The van der Waals surface area contributed by atoms with Gasteiger partial charge in [-0.05, 0) is 37.8 Å². The maximum absolute atomic E-state index is 12.0. The summed E-state index contributed by atoms with van der Waals surface area (Å²) in [5.74, 6) is 0.283. The summed E-state index contributed by atoms with van der Waals surface area (Å²) in [6.07, 6.45) is 2.21. The summed E-state index contributed by atoms with van der Waals surface area (Å²) in [7, 11) is 0. The SMILES string of the molecule is CCOc1ccc(C(=O)NCC(N)C2CC2)cc1[N+](=O)[O-]. The molecule has 0 bridgehead atoms. The van der Waals surface area contributed by atoms with E-state index in [9.17, 15) is 14.9 Å². The van der Waals surface area contributed by atoms with E-state index < -0.39 is 4.92 Å². The second-order valence-corrected chi connectivity index (χ2v) is 5.08. The minimum absolute atomic E-state index is 0.0494. The maximum Gasteiger partial charge on any atom is 0.311 e. The van der Waals surface area contributed by atoms with Crippen molar-refractivity contribution in [2.75, 3.05) is 13.2 Å². The first-order valence-electron chi connectivity index (χ1n) is 6.98. The number of carbonyl (C=O) groups is 1. The second-order valence-electron chi connectivity index (χ2n) is 5.08. The fourth-order valence-corrected chi connectivity index (χ4v) is 2.08. The van der Waals surface area contributed by atoms with E-state index in [1.807, 2.05) is 0 Å². The number of benzene rings is 1. The Morgan fingerprint density at radius 1 is 1.57 bits per heavy atom. The zero-order chi connectivity index (χ0) is 15.4. The molecule has 1 fully saturated rings. The molecular formula is C14H19N3O4. The third kappa shape index (κ3) is 3.91. The van der Waals surface area contributed by atoms with E-state index in [2.05, 4.69) is 5.32 Å². The normalized spacial score (nSPS) is 15.3. The zero-order valence-electron chi connectivity index (χ0n) is 11.9. The number of nitrogens with zero attached hydrogens (tertiary/aromatic N) is 1. The average molecular weight is 293 g/mol. The molecule has 3 N–H and O–H groups in total. The molecule has 1 amide bonds. The Balaban J connectivity index is 2.05. The molecule has 0 aromatic heterocycles. The van der Waals surface area contributed by atoms with Crippen LogP contribution in [0, 0.1) is 16.0 Å². The number of nitro groups is 1. The number of nitro benzene ring substituents is 1. The molecule has 1 atom stereocenters. The fraction of sp³-hybridized carbons (Fsp3) is 0.500. The molecule has 114 valence electrons. The number of hydrogen-bond acceptors (Lipinski definition) is 5. The van der Waals surface area contributed by atoms with E-state index in [1.54, 1.807) is 6.92 Å². The quantitative estimate of drug-likeness (QED) is 0.584. The molecule has 1 aliphatic rings. The molecule has 1 aromatic rings. The third-order valence-electron chi connectivity index (χ3n) is 3.44. The van der Waals surface area contributed by atoms with Gasteiger partial charge in [-0.2, -0.15) is 0 Å². The first-order valence-corrected chi connectivity index (χ1v) is 6.98. The largest absolute Gasteiger partial charge is 0.487 e. The summed E-state index contributed by atoms with van der Waals surface area (Å²) in [5, 5.41) is 13.7.